The number of nitrogens with one attached hydrogen (secondary N) is 1. The molecule has 0 aromatic rings. The fourth-order valence-corrected chi connectivity index (χ4v) is 3.84. The zero-order chi connectivity index (χ0) is 12.5. The first kappa shape index (κ1) is 12.4. The van der Waals surface area contributed by atoms with E-state index in [0.29, 0.717) is 0 Å². The molecule has 0 unspecified atom stereocenters. The molecule has 2 rings (SSSR count). The second kappa shape index (κ2) is 4.30. The molecule has 0 radical (unpaired) electrons. The van der Waals surface area contributed by atoms with Crippen molar-refractivity contribution in [1.82, 2.24) is 5.32 Å². The zero-order valence-electron chi connectivity index (χ0n) is 9.61. The fraction of sp³-hybridized carbons (Fsp3) is 0.818. The summed E-state index contributed by atoms with van der Waals surface area (Å²) in [7, 11) is -3.38. The Labute approximate surface area is 101 Å². The molecule has 2 aliphatic rings. The molecule has 0 atom stereocenters. The number of carbonyl (C=O) groups is 1. The SMILES string of the molecule is N#CCC1(CS(=O)(=O)CC(=O)NC2CC2)CC1. The van der Waals surface area contributed by atoms with E-state index in [2.05, 4.69) is 5.32 Å². The van der Waals surface area contributed by atoms with Gasteiger partial charge in [-0.25, -0.2) is 8.42 Å². The Hall–Kier alpha value is -1.09. The topological polar surface area (TPSA) is 87.0 Å². The predicted molar refractivity (Wildman–Crippen MR) is 61.7 cm³/mol. The second-order valence-corrected chi connectivity index (χ2v) is 7.27. The van der Waals surface area contributed by atoms with Gasteiger partial charge in [-0.15, -0.1) is 0 Å². The van der Waals surface area contributed by atoms with Crippen LogP contribution >= 0.6 is 0 Å². The minimum Gasteiger partial charge on any atom is -0.352 e. The molecule has 5 nitrogen and oxygen atoms in total. The molecule has 1 amide bonds. The molecule has 0 heterocycles. The Morgan fingerprint density at radius 2 is 2.06 bits per heavy atom. The van der Waals surface area contributed by atoms with Crippen LogP contribution in [0.2, 0.25) is 0 Å². The van der Waals surface area contributed by atoms with Crippen molar-refractivity contribution in [2.24, 2.45) is 5.41 Å². The standard InChI is InChI=1S/C11H16N2O3S/c12-6-5-11(3-4-11)8-17(15,16)7-10(14)13-9-1-2-9/h9H,1-5,7-8H2,(H,13,14). The summed E-state index contributed by atoms with van der Waals surface area (Å²) in [4.78, 5) is 11.4. The lowest BCUT2D eigenvalue weighted by molar-refractivity contribution is -0.118. The van der Waals surface area contributed by atoms with Gasteiger partial charge in [-0.2, -0.15) is 5.26 Å². The third-order valence-electron chi connectivity index (χ3n) is 3.23. The minimum absolute atomic E-state index is 0.0222. The molecular formula is C11H16N2O3S. The van der Waals surface area contributed by atoms with Crippen LogP contribution in [0.25, 0.3) is 0 Å². The van der Waals surface area contributed by atoms with Crippen LogP contribution in [0.1, 0.15) is 32.1 Å². The minimum atomic E-state index is -3.38. The summed E-state index contributed by atoms with van der Waals surface area (Å²) in [6.07, 6.45) is 3.73. The summed E-state index contributed by atoms with van der Waals surface area (Å²) in [5.41, 5.74) is -0.354. The molecule has 2 saturated carbocycles. The Balaban J connectivity index is 1.86. The Morgan fingerprint density at radius 1 is 1.41 bits per heavy atom. The van der Waals surface area contributed by atoms with Gasteiger partial charge >= 0.3 is 0 Å². The lowest BCUT2D eigenvalue weighted by atomic mass is 10.1. The van der Waals surface area contributed by atoms with E-state index in [0.717, 1.165) is 25.7 Å². The van der Waals surface area contributed by atoms with E-state index in [1.807, 2.05) is 6.07 Å². The van der Waals surface area contributed by atoms with Gasteiger partial charge in [-0.05, 0) is 31.1 Å². The number of nitriles is 1. The van der Waals surface area contributed by atoms with Gasteiger partial charge in [0.1, 0.15) is 5.75 Å². The number of sulfone groups is 1. The summed E-state index contributed by atoms with van der Waals surface area (Å²) in [6, 6.07) is 2.21. The maximum Gasteiger partial charge on any atom is 0.235 e. The van der Waals surface area contributed by atoms with Crippen LogP contribution in [0.15, 0.2) is 0 Å². The number of rotatable bonds is 6. The first-order chi connectivity index (χ1) is 7.95. The highest BCUT2D eigenvalue weighted by Crippen LogP contribution is 2.49. The number of nitrogens with zero attached hydrogens (tertiary/aromatic N) is 1. The highest BCUT2D eigenvalue weighted by Gasteiger charge is 2.46. The van der Waals surface area contributed by atoms with Gasteiger partial charge in [-0.1, -0.05) is 0 Å². The quantitative estimate of drug-likeness (QED) is 0.744. The van der Waals surface area contributed by atoms with Gasteiger partial charge in [0.2, 0.25) is 5.91 Å². The molecule has 0 aromatic carbocycles. The summed E-state index contributed by atoms with van der Waals surface area (Å²) >= 11 is 0. The lowest BCUT2D eigenvalue weighted by Crippen LogP contribution is -2.34. The lowest BCUT2D eigenvalue weighted by Gasteiger charge is -2.11. The fourth-order valence-electron chi connectivity index (χ4n) is 1.93. The molecule has 0 bridgehead atoms. The van der Waals surface area contributed by atoms with Crippen molar-refractivity contribution in [3.63, 3.8) is 0 Å². The zero-order valence-corrected chi connectivity index (χ0v) is 10.4. The number of amides is 1. The van der Waals surface area contributed by atoms with E-state index in [1.165, 1.54) is 0 Å². The number of hydrogen-bond donors (Lipinski definition) is 1. The van der Waals surface area contributed by atoms with Crippen LogP contribution < -0.4 is 5.32 Å². The van der Waals surface area contributed by atoms with E-state index in [9.17, 15) is 13.2 Å². The van der Waals surface area contributed by atoms with Crippen molar-refractivity contribution in [1.29, 1.82) is 5.26 Å². The Bertz CT molecular complexity index is 456. The van der Waals surface area contributed by atoms with Gasteiger partial charge in [-0.3, -0.25) is 4.79 Å². The van der Waals surface area contributed by atoms with Crippen molar-refractivity contribution >= 4 is 15.7 Å². The van der Waals surface area contributed by atoms with E-state index in [1.54, 1.807) is 0 Å². The van der Waals surface area contributed by atoms with Gasteiger partial charge in [0.05, 0.1) is 11.8 Å². The molecule has 0 aliphatic heterocycles. The van der Waals surface area contributed by atoms with Crippen molar-refractivity contribution < 1.29 is 13.2 Å². The first-order valence-electron chi connectivity index (χ1n) is 5.81. The van der Waals surface area contributed by atoms with Gasteiger partial charge in [0, 0.05) is 12.5 Å². The van der Waals surface area contributed by atoms with E-state index in [4.69, 9.17) is 5.26 Å². The molecule has 0 spiro atoms. The van der Waals surface area contributed by atoms with Crippen molar-refractivity contribution in [2.75, 3.05) is 11.5 Å². The molecule has 0 saturated heterocycles. The maximum absolute atomic E-state index is 11.8. The normalized spacial score (nSPS) is 21.6. The maximum atomic E-state index is 11.8. The average Bonchev–Trinajstić information content (AvgIpc) is 3.03. The van der Waals surface area contributed by atoms with Gasteiger partial charge in [0.15, 0.2) is 9.84 Å². The molecule has 2 aliphatic carbocycles. The highest BCUT2D eigenvalue weighted by molar-refractivity contribution is 7.92. The van der Waals surface area contributed by atoms with Crippen LogP contribution in [0, 0.1) is 16.7 Å². The molecular weight excluding hydrogens is 240 g/mol. The molecule has 2 fully saturated rings. The Kier molecular flexibility index (Phi) is 3.13. The van der Waals surface area contributed by atoms with E-state index >= 15 is 0 Å². The van der Waals surface area contributed by atoms with Gasteiger partial charge in [0.25, 0.3) is 0 Å². The Morgan fingerprint density at radius 3 is 2.53 bits per heavy atom. The number of carbonyl (C=O) groups excluding carboxylic acids is 1. The largest absolute Gasteiger partial charge is 0.352 e. The number of hydrogen-bond acceptors (Lipinski definition) is 4. The summed E-state index contributed by atoms with van der Waals surface area (Å²) in [5.74, 6) is -0.859. The highest BCUT2D eigenvalue weighted by atomic mass is 32.2. The van der Waals surface area contributed by atoms with Crippen LogP contribution in [-0.4, -0.2) is 31.9 Å². The van der Waals surface area contributed by atoms with E-state index in [-0.39, 0.29) is 23.6 Å². The molecule has 17 heavy (non-hydrogen) atoms. The molecule has 94 valence electrons. The van der Waals surface area contributed by atoms with Gasteiger partial charge < -0.3 is 5.32 Å². The molecule has 1 N–H and O–H groups in total. The van der Waals surface area contributed by atoms with Crippen LogP contribution in [0.5, 0.6) is 0 Å². The average molecular weight is 256 g/mol. The summed E-state index contributed by atoms with van der Waals surface area (Å²) in [5, 5.41) is 11.3. The monoisotopic (exact) mass is 256 g/mol. The third-order valence-corrected chi connectivity index (χ3v) is 4.98. The first-order valence-corrected chi connectivity index (χ1v) is 7.64. The van der Waals surface area contributed by atoms with Crippen molar-refractivity contribution in [3.8, 4) is 6.07 Å². The van der Waals surface area contributed by atoms with Crippen LogP contribution in [-0.2, 0) is 14.6 Å². The molecule has 0 aromatic heterocycles. The summed E-state index contributed by atoms with van der Waals surface area (Å²) < 4.78 is 23.6. The van der Waals surface area contributed by atoms with E-state index < -0.39 is 21.5 Å². The summed E-state index contributed by atoms with van der Waals surface area (Å²) in [6.45, 7) is 0. The second-order valence-electron chi connectivity index (χ2n) is 5.21. The van der Waals surface area contributed by atoms with Crippen molar-refractivity contribution in [3.05, 3.63) is 0 Å². The van der Waals surface area contributed by atoms with Crippen LogP contribution in [0.4, 0.5) is 0 Å². The van der Waals surface area contributed by atoms with Crippen LogP contribution in [0.3, 0.4) is 0 Å². The molecule has 6 heteroatoms. The predicted octanol–water partition coefficient (Wildman–Crippen LogP) is 0.374. The third kappa shape index (κ3) is 3.70. The van der Waals surface area contributed by atoms with Crippen molar-refractivity contribution in [2.45, 2.75) is 38.1 Å². The smallest absolute Gasteiger partial charge is 0.235 e.